The lowest BCUT2D eigenvalue weighted by molar-refractivity contribution is -0.145. The van der Waals surface area contributed by atoms with Crippen molar-refractivity contribution in [2.24, 2.45) is 0 Å². The van der Waals surface area contributed by atoms with Crippen molar-refractivity contribution in [3.05, 3.63) is 0 Å². The Morgan fingerprint density at radius 3 is 2.00 bits per heavy atom. The maximum atomic E-state index is 11.3. The quantitative estimate of drug-likeness (QED) is 0.526. The van der Waals surface area contributed by atoms with E-state index >= 15 is 0 Å². The molecule has 2 N–H and O–H groups in total. The lowest BCUT2D eigenvalue weighted by Crippen LogP contribution is -2.44. The van der Waals surface area contributed by atoms with E-state index in [1.807, 2.05) is 0 Å². The maximum absolute atomic E-state index is 11.3. The summed E-state index contributed by atoms with van der Waals surface area (Å²) < 4.78 is 9.02. The molecule has 0 spiro atoms. The van der Waals surface area contributed by atoms with E-state index in [0.29, 0.717) is 12.3 Å². The number of carbonyl (C=O) groups is 4. The molecule has 0 saturated carbocycles. The van der Waals surface area contributed by atoms with Gasteiger partial charge in [0.2, 0.25) is 0 Å². The van der Waals surface area contributed by atoms with Gasteiger partial charge < -0.3 is 18.6 Å². The molecule has 0 radical (unpaired) electrons. The average Bonchev–Trinajstić information content (AvgIpc) is 2.32. The molecule has 1 aliphatic rings. The minimum absolute atomic E-state index is 0.0618. The van der Waals surface area contributed by atoms with Crippen LogP contribution >= 0.6 is 12.3 Å². The first-order valence-corrected chi connectivity index (χ1v) is 6.48. The Morgan fingerprint density at radius 1 is 1.10 bits per heavy atom. The van der Waals surface area contributed by atoms with Gasteiger partial charge in [0.15, 0.2) is 0 Å². The highest BCUT2D eigenvalue weighted by Gasteiger charge is 2.23. The largest absolute Gasteiger partial charge is 0.480 e. The van der Waals surface area contributed by atoms with Gasteiger partial charge in [-0.3, -0.25) is 19.4 Å². The maximum Gasteiger partial charge on any atom is 0.334 e. The van der Waals surface area contributed by atoms with Crippen LogP contribution in [0.4, 0.5) is 0 Å². The van der Waals surface area contributed by atoms with Crippen LogP contribution < -0.4 is 0 Å². The molecule has 0 aromatic carbocycles. The van der Waals surface area contributed by atoms with Crippen molar-refractivity contribution in [1.82, 2.24) is 9.80 Å². The fourth-order valence-corrected chi connectivity index (χ4v) is 1.90. The van der Waals surface area contributed by atoms with Gasteiger partial charge in [0.05, 0.1) is 26.2 Å². The summed E-state index contributed by atoms with van der Waals surface area (Å²) >= 11 is 0.297. The third-order valence-corrected chi connectivity index (χ3v) is 2.92. The van der Waals surface area contributed by atoms with Gasteiger partial charge in [0.25, 0.3) is 12.3 Å². The normalized spacial score (nSPS) is 16.8. The van der Waals surface area contributed by atoms with Crippen molar-refractivity contribution in [2.45, 2.75) is 0 Å². The van der Waals surface area contributed by atoms with E-state index in [9.17, 15) is 19.2 Å². The summed E-state index contributed by atoms with van der Waals surface area (Å²) in [6, 6.07) is 0. The molecule has 1 rings (SSSR count). The molecule has 1 saturated heterocycles. The average molecular weight is 322 g/mol. The Balaban J connectivity index is 2.54. The second-order valence-corrected chi connectivity index (χ2v) is 4.66. The standard InChI is InChI=1S/C10H14N2O8S/c13-7(14)3-11(4-8(15)16)1-2-12-5-9(17)19-21-20-10(18)6-12/h1-6H2,(H,13,14)(H,15,16). The van der Waals surface area contributed by atoms with E-state index in [1.165, 1.54) is 9.80 Å². The molecule has 0 aromatic rings. The zero-order valence-electron chi connectivity index (χ0n) is 10.9. The lowest BCUT2D eigenvalue weighted by Gasteiger charge is -2.25. The van der Waals surface area contributed by atoms with Crippen molar-refractivity contribution in [1.29, 1.82) is 0 Å². The number of carboxylic acid groups (broad SMARTS) is 2. The molecule has 1 fully saturated rings. The van der Waals surface area contributed by atoms with Crippen LogP contribution in [0.15, 0.2) is 0 Å². The zero-order chi connectivity index (χ0) is 15.8. The molecule has 0 amide bonds. The number of hydrogen-bond acceptors (Lipinski definition) is 9. The number of carboxylic acids is 2. The Kier molecular flexibility index (Phi) is 6.91. The fraction of sp³-hybridized carbons (Fsp3) is 0.600. The summed E-state index contributed by atoms with van der Waals surface area (Å²) in [4.78, 5) is 46.4. The molecule has 21 heavy (non-hydrogen) atoms. The van der Waals surface area contributed by atoms with Gasteiger partial charge in [-0.1, -0.05) is 0 Å². The van der Waals surface area contributed by atoms with E-state index in [4.69, 9.17) is 10.2 Å². The first-order chi connectivity index (χ1) is 9.86. The Bertz CT molecular complexity index is 395. The molecule has 0 aliphatic carbocycles. The molecule has 0 bridgehead atoms. The molecular weight excluding hydrogens is 308 g/mol. The smallest absolute Gasteiger partial charge is 0.334 e. The van der Waals surface area contributed by atoms with Gasteiger partial charge in [-0.15, -0.1) is 0 Å². The van der Waals surface area contributed by atoms with Crippen molar-refractivity contribution in [3.8, 4) is 0 Å². The van der Waals surface area contributed by atoms with Gasteiger partial charge in [0.1, 0.15) is 0 Å². The summed E-state index contributed by atoms with van der Waals surface area (Å²) in [7, 11) is 0. The van der Waals surface area contributed by atoms with Gasteiger partial charge in [-0.25, -0.2) is 9.59 Å². The number of nitrogens with zero attached hydrogens (tertiary/aromatic N) is 2. The van der Waals surface area contributed by atoms with Gasteiger partial charge in [-0.2, -0.15) is 0 Å². The zero-order valence-corrected chi connectivity index (χ0v) is 11.7. The Labute approximate surface area is 124 Å². The molecule has 11 heteroatoms. The van der Waals surface area contributed by atoms with E-state index in [2.05, 4.69) is 8.37 Å². The van der Waals surface area contributed by atoms with Crippen LogP contribution in [-0.4, -0.2) is 83.2 Å². The Hall–Kier alpha value is -1.85. The summed E-state index contributed by atoms with van der Waals surface area (Å²) in [6.07, 6.45) is 0. The lowest BCUT2D eigenvalue weighted by atomic mass is 10.4. The SMILES string of the molecule is O=C(O)CN(CCN1CC(=O)OSOC(=O)C1)CC(=O)O. The van der Waals surface area contributed by atoms with Gasteiger partial charge in [-0.05, 0) is 0 Å². The van der Waals surface area contributed by atoms with Gasteiger partial charge >= 0.3 is 23.9 Å². The topological polar surface area (TPSA) is 134 Å². The predicted octanol–water partition coefficient (Wildman–Crippen LogP) is -1.58. The number of aliphatic carboxylic acids is 2. The Morgan fingerprint density at radius 2 is 1.57 bits per heavy atom. The summed E-state index contributed by atoms with van der Waals surface area (Å²) in [5.41, 5.74) is 0. The van der Waals surface area contributed by atoms with Gasteiger partial charge in [0, 0.05) is 13.1 Å². The van der Waals surface area contributed by atoms with Crippen LogP contribution in [0, 0.1) is 0 Å². The van der Waals surface area contributed by atoms with Crippen molar-refractivity contribution in [2.75, 3.05) is 39.3 Å². The summed E-state index contributed by atoms with van der Waals surface area (Å²) in [6.45, 7) is -1.07. The van der Waals surface area contributed by atoms with E-state index < -0.39 is 37.0 Å². The highest BCUT2D eigenvalue weighted by atomic mass is 32.2. The van der Waals surface area contributed by atoms with Crippen LogP contribution in [0.2, 0.25) is 0 Å². The molecule has 118 valence electrons. The monoisotopic (exact) mass is 322 g/mol. The minimum atomic E-state index is -1.17. The second-order valence-electron chi connectivity index (χ2n) is 4.19. The molecule has 0 atom stereocenters. The van der Waals surface area contributed by atoms with Crippen LogP contribution in [0.1, 0.15) is 0 Å². The third-order valence-electron chi connectivity index (χ3n) is 2.41. The molecule has 0 unspecified atom stereocenters. The molecule has 0 aromatic heterocycles. The summed E-state index contributed by atoms with van der Waals surface area (Å²) in [5.74, 6) is -3.57. The minimum Gasteiger partial charge on any atom is -0.480 e. The fourth-order valence-electron chi connectivity index (χ4n) is 1.60. The van der Waals surface area contributed by atoms with Crippen molar-refractivity contribution >= 4 is 36.2 Å². The third kappa shape index (κ3) is 7.48. The van der Waals surface area contributed by atoms with Crippen LogP contribution in [0.5, 0.6) is 0 Å². The van der Waals surface area contributed by atoms with E-state index in [-0.39, 0.29) is 26.2 Å². The van der Waals surface area contributed by atoms with Crippen LogP contribution in [0.25, 0.3) is 0 Å². The molecule has 1 aliphatic heterocycles. The van der Waals surface area contributed by atoms with Crippen molar-refractivity contribution in [3.63, 3.8) is 0 Å². The highest BCUT2D eigenvalue weighted by Crippen LogP contribution is 2.10. The van der Waals surface area contributed by atoms with E-state index in [1.54, 1.807) is 0 Å². The van der Waals surface area contributed by atoms with E-state index in [0.717, 1.165) is 0 Å². The molecule has 1 heterocycles. The summed E-state index contributed by atoms with van der Waals surface area (Å²) in [5, 5.41) is 17.4. The highest BCUT2D eigenvalue weighted by molar-refractivity contribution is 7.90. The first kappa shape index (κ1) is 17.2. The molecule has 10 nitrogen and oxygen atoms in total. The number of carbonyl (C=O) groups excluding carboxylic acids is 2. The first-order valence-electron chi connectivity index (χ1n) is 5.82. The van der Waals surface area contributed by atoms with Crippen LogP contribution in [0.3, 0.4) is 0 Å². The molecular formula is C10H14N2O8S. The van der Waals surface area contributed by atoms with Crippen LogP contribution in [-0.2, 0) is 27.5 Å². The number of rotatable bonds is 7. The second kappa shape index (κ2) is 8.44. The number of hydrogen-bond donors (Lipinski definition) is 2. The predicted molar refractivity (Wildman–Crippen MR) is 67.9 cm³/mol. The van der Waals surface area contributed by atoms with Crippen molar-refractivity contribution < 1.29 is 37.8 Å².